The maximum Gasteiger partial charge on any atom is 0.225 e. The second kappa shape index (κ2) is 8.55. The monoisotopic (exact) mass is 360 g/mol. The number of anilines is 1. The van der Waals surface area contributed by atoms with Gasteiger partial charge in [0.2, 0.25) is 5.91 Å². The average molecular weight is 361 g/mol. The molecule has 134 valence electrons. The molecule has 0 aromatic heterocycles. The zero-order chi connectivity index (χ0) is 17.6. The molecule has 0 atom stereocenters. The fraction of sp³-hybridized carbons (Fsp3) is 0.579. The summed E-state index contributed by atoms with van der Waals surface area (Å²) in [6.45, 7) is 5.96. The van der Waals surface area contributed by atoms with Crippen LogP contribution in [0.1, 0.15) is 19.3 Å². The lowest BCUT2D eigenvalue weighted by atomic mass is 9.95. The minimum Gasteiger partial charge on any atom is -0.368 e. The van der Waals surface area contributed by atoms with Crippen molar-refractivity contribution < 1.29 is 4.79 Å². The molecule has 2 heterocycles. The summed E-state index contributed by atoms with van der Waals surface area (Å²) >= 11 is 6.08. The van der Waals surface area contributed by atoms with E-state index in [0.29, 0.717) is 12.3 Å². The molecule has 1 aromatic carbocycles. The topological polar surface area (TPSA) is 50.6 Å². The second-order valence-corrected chi connectivity index (χ2v) is 7.25. The molecule has 0 bridgehead atoms. The summed E-state index contributed by atoms with van der Waals surface area (Å²) in [4.78, 5) is 19.4. The van der Waals surface area contributed by atoms with E-state index in [-0.39, 0.29) is 5.92 Å². The Morgan fingerprint density at radius 1 is 1.16 bits per heavy atom. The van der Waals surface area contributed by atoms with Crippen molar-refractivity contribution in [2.24, 2.45) is 5.92 Å². The van der Waals surface area contributed by atoms with E-state index < -0.39 is 0 Å². The molecule has 1 aromatic rings. The fourth-order valence-electron chi connectivity index (χ4n) is 3.73. The highest BCUT2D eigenvalue weighted by Gasteiger charge is 2.30. The Morgan fingerprint density at radius 3 is 2.52 bits per heavy atom. The van der Waals surface area contributed by atoms with E-state index in [1.54, 1.807) is 0 Å². The van der Waals surface area contributed by atoms with Crippen molar-refractivity contribution >= 4 is 23.2 Å². The summed E-state index contributed by atoms with van der Waals surface area (Å²) < 4.78 is 0. The van der Waals surface area contributed by atoms with Crippen LogP contribution in [-0.2, 0) is 4.79 Å². The molecular formula is C19H25ClN4O. The molecule has 0 radical (unpaired) electrons. The van der Waals surface area contributed by atoms with Crippen LogP contribution in [0.15, 0.2) is 24.3 Å². The van der Waals surface area contributed by atoms with Gasteiger partial charge in [0.25, 0.3) is 0 Å². The van der Waals surface area contributed by atoms with Crippen molar-refractivity contribution in [2.75, 3.05) is 50.7 Å². The molecule has 0 N–H and O–H groups in total. The van der Waals surface area contributed by atoms with E-state index in [1.165, 1.54) is 0 Å². The van der Waals surface area contributed by atoms with Crippen molar-refractivity contribution in [3.8, 4) is 6.07 Å². The van der Waals surface area contributed by atoms with Crippen molar-refractivity contribution in [3.05, 3.63) is 29.3 Å². The van der Waals surface area contributed by atoms with Crippen LogP contribution in [-0.4, -0.2) is 61.5 Å². The first-order chi connectivity index (χ1) is 12.2. The highest BCUT2D eigenvalue weighted by atomic mass is 35.5. The van der Waals surface area contributed by atoms with Gasteiger partial charge in [-0.3, -0.25) is 4.79 Å². The molecular weight excluding hydrogens is 336 g/mol. The number of piperidine rings is 1. The fourth-order valence-corrected chi connectivity index (χ4v) is 3.91. The van der Waals surface area contributed by atoms with Crippen molar-refractivity contribution in [1.82, 2.24) is 9.80 Å². The molecule has 0 unspecified atom stereocenters. The molecule has 0 spiro atoms. The summed E-state index contributed by atoms with van der Waals surface area (Å²) in [5.41, 5.74) is 1.13. The van der Waals surface area contributed by atoms with E-state index in [2.05, 4.69) is 21.9 Å². The van der Waals surface area contributed by atoms with Crippen LogP contribution in [0.5, 0.6) is 0 Å². The van der Waals surface area contributed by atoms with Crippen molar-refractivity contribution in [3.63, 3.8) is 0 Å². The van der Waals surface area contributed by atoms with Gasteiger partial charge in [-0.2, -0.15) is 5.26 Å². The van der Waals surface area contributed by atoms with Gasteiger partial charge in [-0.15, -0.1) is 0 Å². The molecule has 2 aliphatic rings. The number of halogens is 1. The van der Waals surface area contributed by atoms with Gasteiger partial charge in [0.1, 0.15) is 0 Å². The third-order valence-corrected chi connectivity index (χ3v) is 5.48. The van der Waals surface area contributed by atoms with Gasteiger partial charge in [-0.1, -0.05) is 17.7 Å². The van der Waals surface area contributed by atoms with E-state index >= 15 is 0 Å². The average Bonchev–Trinajstić information content (AvgIpc) is 2.66. The summed E-state index contributed by atoms with van der Waals surface area (Å²) in [5.74, 6) is 0.460. The number of benzene rings is 1. The Labute approximate surface area is 154 Å². The summed E-state index contributed by atoms with van der Waals surface area (Å²) in [6, 6.07) is 10.1. The number of piperazine rings is 1. The number of hydrogen-bond donors (Lipinski definition) is 0. The SMILES string of the molecule is N#CCCN1CCC(C(=O)N2CCN(c3cccc(Cl)c3)CC2)CC1. The first kappa shape index (κ1) is 18.0. The zero-order valence-electron chi connectivity index (χ0n) is 14.5. The lowest BCUT2D eigenvalue weighted by molar-refractivity contribution is -0.137. The van der Waals surface area contributed by atoms with Crippen molar-refractivity contribution in [2.45, 2.75) is 19.3 Å². The zero-order valence-corrected chi connectivity index (χ0v) is 15.3. The molecule has 2 aliphatic heterocycles. The molecule has 2 fully saturated rings. The number of carbonyl (C=O) groups excluding carboxylic acids is 1. The number of likely N-dealkylation sites (tertiary alicyclic amines) is 1. The number of nitrogens with zero attached hydrogens (tertiary/aromatic N) is 4. The van der Waals surface area contributed by atoms with Gasteiger partial charge in [-0.25, -0.2) is 0 Å². The minimum absolute atomic E-state index is 0.149. The quantitative estimate of drug-likeness (QED) is 0.828. The van der Waals surface area contributed by atoms with Gasteiger partial charge < -0.3 is 14.7 Å². The minimum atomic E-state index is 0.149. The number of nitriles is 1. The second-order valence-electron chi connectivity index (χ2n) is 6.82. The number of rotatable bonds is 4. The van der Waals surface area contributed by atoms with Gasteiger partial charge >= 0.3 is 0 Å². The number of hydrogen-bond acceptors (Lipinski definition) is 4. The highest BCUT2D eigenvalue weighted by molar-refractivity contribution is 6.30. The number of carbonyl (C=O) groups is 1. The van der Waals surface area contributed by atoms with E-state index in [0.717, 1.165) is 69.4 Å². The summed E-state index contributed by atoms with van der Waals surface area (Å²) in [7, 11) is 0. The molecule has 6 heteroatoms. The lowest BCUT2D eigenvalue weighted by Crippen LogP contribution is -2.51. The predicted molar refractivity (Wildman–Crippen MR) is 99.6 cm³/mol. The van der Waals surface area contributed by atoms with Crippen LogP contribution in [0.4, 0.5) is 5.69 Å². The molecule has 25 heavy (non-hydrogen) atoms. The van der Waals surface area contributed by atoms with E-state index in [9.17, 15) is 4.79 Å². The van der Waals surface area contributed by atoms with Crippen LogP contribution < -0.4 is 4.90 Å². The van der Waals surface area contributed by atoms with Crippen molar-refractivity contribution in [1.29, 1.82) is 5.26 Å². The van der Waals surface area contributed by atoms with Gasteiger partial charge in [0.05, 0.1) is 6.07 Å². The Hall–Kier alpha value is -1.77. The summed E-state index contributed by atoms with van der Waals surface area (Å²) in [6.07, 6.45) is 2.40. The van der Waals surface area contributed by atoms with E-state index in [4.69, 9.17) is 16.9 Å². The van der Waals surface area contributed by atoms with Crippen LogP contribution in [0.3, 0.4) is 0 Å². The molecule has 5 nitrogen and oxygen atoms in total. The molecule has 1 amide bonds. The Balaban J connectivity index is 1.47. The third kappa shape index (κ3) is 4.65. The Kier molecular flexibility index (Phi) is 6.17. The summed E-state index contributed by atoms with van der Waals surface area (Å²) in [5, 5.41) is 9.43. The Bertz CT molecular complexity index is 629. The lowest BCUT2D eigenvalue weighted by Gasteiger charge is -2.39. The van der Waals surface area contributed by atoms with Crippen LogP contribution in [0.2, 0.25) is 5.02 Å². The molecule has 2 saturated heterocycles. The maximum absolute atomic E-state index is 12.8. The smallest absolute Gasteiger partial charge is 0.225 e. The first-order valence-electron chi connectivity index (χ1n) is 9.06. The Morgan fingerprint density at radius 2 is 1.88 bits per heavy atom. The normalized spacial score (nSPS) is 19.7. The van der Waals surface area contributed by atoms with Gasteiger partial charge in [0, 0.05) is 55.8 Å². The number of amides is 1. The molecule has 0 aliphatic carbocycles. The first-order valence-corrected chi connectivity index (χ1v) is 9.44. The van der Waals surface area contributed by atoms with Gasteiger partial charge in [0.15, 0.2) is 0 Å². The maximum atomic E-state index is 12.8. The van der Waals surface area contributed by atoms with Gasteiger partial charge in [-0.05, 0) is 44.1 Å². The van der Waals surface area contributed by atoms with Crippen LogP contribution >= 0.6 is 11.6 Å². The largest absolute Gasteiger partial charge is 0.368 e. The van der Waals surface area contributed by atoms with Crippen LogP contribution in [0.25, 0.3) is 0 Å². The molecule has 3 rings (SSSR count). The third-order valence-electron chi connectivity index (χ3n) is 5.24. The van der Waals surface area contributed by atoms with E-state index in [1.807, 2.05) is 23.1 Å². The molecule has 0 saturated carbocycles. The standard InChI is InChI=1S/C19H25ClN4O/c20-17-3-1-4-18(15-17)23-11-13-24(14-12-23)19(25)16-5-9-22(10-6-16)8-2-7-21/h1,3-4,15-16H,2,5-6,8-14H2. The highest BCUT2D eigenvalue weighted by Crippen LogP contribution is 2.23. The predicted octanol–water partition coefficient (Wildman–Crippen LogP) is 2.61. The van der Waals surface area contributed by atoms with Crippen LogP contribution in [0, 0.1) is 17.2 Å².